The Morgan fingerprint density at radius 2 is 2.25 bits per heavy atom. The summed E-state index contributed by atoms with van der Waals surface area (Å²) >= 11 is 0. The van der Waals surface area contributed by atoms with Gasteiger partial charge in [-0.15, -0.1) is 0 Å². The van der Waals surface area contributed by atoms with Crippen molar-refractivity contribution < 1.29 is 9.90 Å². The number of hydrogen-bond donors (Lipinski definition) is 2. The van der Waals surface area contributed by atoms with Crippen LogP contribution in [0, 0.1) is 0 Å². The van der Waals surface area contributed by atoms with Crippen molar-refractivity contribution in [2.24, 2.45) is 5.73 Å². The molecular formula is C8H16N2O2. The van der Waals surface area contributed by atoms with E-state index in [4.69, 9.17) is 10.8 Å². The molecule has 70 valence electrons. The van der Waals surface area contributed by atoms with Gasteiger partial charge in [0.25, 0.3) is 0 Å². The van der Waals surface area contributed by atoms with Crippen LogP contribution in [-0.2, 0) is 4.79 Å². The van der Waals surface area contributed by atoms with Crippen LogP contribution >= 0.6 is 0 Å². The van der Waals surface area contributed by atoms with Crippen LogP contribution in [0.3, 0.4) is 0 Å². The summed E-state index contributed by atoms with van der Waals surface area (Å²) in [6, 6.07) is 0.325. The molecule has 0 bridgehead atoms. The van der Waals surface area contributed by atoms with Gasteiger partial charge in [-0.3, -0.25) is 4.79 Å². The molecule has 1 rings (SSSR count). The first kappa shape index (κ1) is 9.48. The average molecular weight is 172 g/mol. The summed E-state index contributed by atoms with van der Waals surface area (Å²) in [5.74, 6) is -0.869. The topological polar surface area (TPSA) is 66.6 Å². The highest BCUT2D eigenvalue weighted by molar-refractivity contribution is 5.79. The fourth-order valence-electron chi connectivity index (χ4n) is 1.68. The van der Waals surface area contributed by atoms with E-state index in [9.17, 15) is 4.79 Å². The Hall–Kier alpha value is -0.610. The molecule has 2 unspecified atom stereocenters. The van der Waals surface area contributed by atoms with Crippen LogP contribution in [0.15, 0.2) is 0 Å². The van der Waals surface area contributed by atoms with Crippen molar-refractivity contribution >= 4 is 5.97 Å². The Balaban J connectivity index is 2.61. The van der Waals surface area contributed by atoms with E-state index in [0.29, 0.717) is 18.9 Å². The second-order valence-electron chi connectivity index (χ2n) is 3.82. The number of carboxylic acid groups (broad SMARTS) is 1. The summed E-state index contributed by atoms with van der Waals surface area (Å²) in [4.78, 5) is 12.8. The van der Waals surface area contributed by atoms with Crippen LogP contribution in [0.2, 0.25) is 0 Å². The van der Waals surface area contributed by atoms with E-state index >= 15 is 0 Å². The van der Waals surface area contributed by atoms with Crippen molar-refractivity contribution in [2.45, 2.75) is 30.8 Å². The van der Waals surface area contributed by atoms with Gasteiger partial charge in [0, 0.05) is 6.04 Å². The third-order valence-corrected chi connectivity index (χ3v) is 2.68. The molecule has 4 nitrogen and oxygen atoms in total. The summed E-state index contributed by atoms with van der Waals surface area (Å²) in [6.45, 7) is 0. The van der Waals surface area contributed by atoms with E-state index in [-0.39, 0.29) is 0 Å². The first-order valence-corrected chi connectivity index (χ1v) is 4.14. The maximum atomic E-state index is 10.7. The van der Waals surface area contributed by atoms with E-state index in [2.05, 4.69) is 0 Å². The predicted molar refractivity (Wildman–Crippen MR) is 45.9 cm³/mol. The first-order valence-electron chi connectivity index (χ1n) is 4.14. The lowest BCUT2D eigenvalue weighted by atomic mass is 9.99. The van der Waals surface area contributed by atoms with E-state index in [1.54, 1.807) is 0 Å². The van der Waals surface area contributed by atoms with Crippen molar-refractivity contribution in [1.82, 2.24) is 4.90 Å². The SMILES string of the molecule is CN(C)C1CCC(N)(C(=O)O)C1. The summed E-state index contributed by atoms with van der Waals surface area (Å²) in [5.41, 5.74) is 4.73. The number of rotatable bonds is 2. The third-order valence-electron chi connectivity index (χ3n) is 2.68. The molecule has 0 radical (unpaired) electrons. The average Bonchev–Trinajstić information content (AvgIpc) is 2.33. The highest BCUT2D eigenvalue weighted by atomic mass is 16.4. The van der Waals surface area contributed by atoms with Gasteiger partial charge in [0.2, 0.25) is 0 Å². The van der Waals surface area contributed by atoms with Crippen LogP contribution in [0.1, 0.15) is 19.3 Å². The molecule has 0 saturated heterocycles. The number of carboxylic acids is 1. The maximum absolute atomic E-state index is 10.7. The Bertz CT molecular complexity index is 193. The number of carbonyl (C=O) groups is 1. The van der Waals surface area contributed by atoms with Crippen LogP contribution in [-0.4, -0.2) is 41.7 Å². The predicted octanol–water partition coefficient (Wildman–Crippen LogP) is -0.117. The molecule has 0 aromatic carbocycles. The number of aliphatic carboxylic acids is 1. The Kier molecular flexibility index (Phi) is 2.39. The van der Waals surface area contributed by atoms with E-state index in [1.165, 1.54) is 0 Å². The van der Waals surface area contributed by atoms with Gasteiger partial charge >= 0.3 is 5.97 Å². The summed E-state index contributed by atoms with van der Waals surface area (Å²) in [5, 5.41) is 8.83. The van der Waals surface area contributed by atoms with Crippen molar-refractivity contribution in [3.05, 3.63) is 0 Å². The second kappa shape index (κ2) is 3.03. The molecule has 1 fully saturated rings. The molecule has 0 heterocycles. The van der Waals surface area contributed by atoms with Crippen LogP contribution in [0.5, 0.6) is 0 Å². The smallest absolute Gasteiger partial charge is 0.323 e. The van der Waals surface area contributed by atoms with Gasteiger partial charge in [0.1, 0.15) is 5.54 Å². The molecule has 1 aliphatic rings. The van der Waals surface area contributed by atoms with Gasteiger partial charge in [-0.25, -0.2) is 0 Å². The fourth-order valence-corrected chi connectivity index (χ4v) is 1.68. The van der Waals surface area contributed by atoms with Crippen LogP contribution < -0.4 is 5.73 Å². The third kappa shape index (κ3) is 1.59. The minimum Gasteiger partial charge on any atom is -0.480 e. The van der Waals surface area contributed by atoms with Crippen LogP contribution in [0.4, 0.5) is 0 Å². The van der Waals surface area contributed by atoms with Gasteiger partial charge in [-0.1, -0.05) is 0 Å². The monoisotopic (exact) mass is 172 g/mol. The Labute approximate surface area is 72.3 Å². The molecule has 0 aromatic heterocycles. The fraction of sp³-hybridized carbons (Fsp3) is 0.875. The highest BCUT2D eigenvalue weighted by Crippen LogP contribution is 2.30. The molecule has 1 aliphatic carbocycles. The van der Waals surface area contributed by atoms with Gasteiger partial charge in [-0.2, -0.15) is 0 Å². The molecule has 1 saturated carbocycles. The van der Waals surface area contributed by atoms with Crippen molar-refractivity contribution in [1.29, 1.82) is 0 Å². The van der Waals surface area contributed by atoms with Crippen LogP contribution in [0.25, 0.3) is 0 Å². The number of hydrogen-bond acceptors (Lipinski definition) is 3. The minimum atomic E-state index is -0.977. The zero-order valence-electron chi connectivity index (χ0n) is 7.58. The van der Waals surface area contributed by atoms with Gasteiger partial charge in [0.05, 0.1) is 0 Å². The molecular weight excluding hydrogens is 156 g/mol. The summed E-state index contributed by atoms with van der Waals surface area (Å²) < 4.78 is 0. The lowest BCUT2D eigenvalue weighted by Gasteiger charge is -2.21. The first-order chi connectivity index (χ1) is 5.46. The van der Waals surface area contributed by atoms with Crippen molar-refractivity contribution in [2.75, 3.05) is 14.1 Å². The molecule has 3 N–H and O–H groups in total. The quantitative estimate of drug-likeness (QED) is 0.609. The maximum Gasteiger partial charge on any atom is 0.323 e. The van der Waals surface area contributed by atoms with Crippen molar-refractivity contribution in [3.8, 4) is 0 Å². The Morgan fingerprint density at radius 3 is 2.50 bits per heavy atom. The molecule has 0 amide bonds. The standard InChI is InChI=1S/C8H16N2O2/c1-10(2)6-3-4-8(9,5-6)7(11)12/h6H,3-5,9H2,1-2H3,(H,11,12). The zero-order chi connectivity index (χ0) is 9.35. The van der Waals surface area contributed by atoms with Gasteiger partial charge in [-0.05, 0) is 33.4 Å². The summed E-state index contributed by atoms with van der Waals surface area (Å²) in [7, 11) is 3.91. The molecule has 0 aromatic rings. The molecule has 4 heteroatoms. The molecule has 0 aliphatic heterocycles. The minimum absolute atomic E-state index is 0.325. The van der Waals surface area contributed by atoms with E-state index in [0.717, 1.165) is 6.42 Å². The largest absolute Gasteiger partial charge is 0.480 e. The van der Waals surface area contributed by atoms with E-state index < -0.39 is 11.5 Å². The number of nitrogens with zero attached hydrogens (tertiary/aromatic N) is 1. The number of nitrogens with two attached hydrogens (primary N) is 1. The normalized spacial score (nSPS) is 35.8. The molecule has 12 heavy (non-hydrogen) atoms. The zero-order valence-corrected chi connectivity index (χ0v) is 7.58. The van der Waals surface area contributed by atoms with E-state index in [1.807, 2.05) is 19.0 Å². The van der Waals surface area contributed by atoms with Gasteiger partial charge < -0.3 is 15.7 Å². The lowest BCUT2D eigenvalue weighted by molar-refractivity contribution is -0.143. The molecule has 0 spiro atoms. The molecule has 2 atom stereocenters. The Morgan fingerprint density at radius 1 is 1.67 bits per heavy atom. The second-order valence-corrected chi connectivity index (χ2v) is 3.82. The lowest BCUT2D eigenvalue weighted by Crippen LogP contribution is -2.46. The van der Waals surface area contributed by atoms with Gasteiger partial charge in [0.15, 0.2) is 0 Å². The van der Waals surface area contributed by atoms with Crippen molar-refractivity contribution in [3.63, 3.8) is 0 Å². The summed E-state index contributed by atoms with van der Waals surface area (Å²) in [6.07, 6.45) is 2.04. The highest BCUT2D eigenvalue weighted by Gasteiger charge is 2.42.